The van der Waals surface area contributed by atoms with Crippen molar-refractivity contribution in [2.24, 2.45) is 0 Å². The van der Waals surface area contributed by atoms with Crippen LogP contribution in [0, 0.1) is 0 Å². The second-order valence-corrected chi connectivity index (χ2v) is 5.74. The number of hydrogen-bond donors (Lipinski definition) is 1. The summed E-state index contributed by atoms with van der Waals surface area (Å²) in [6, 6.07) is 8.64. The topological polar surface area (TPSA) is 21.3 Å². The van der Waals surface area contributed by atoms with E-state index in [9.17, 15) is 0 Å². The van der Waals surface area contributed by atoms with Crippen LogP contribution in [-0.4, -0.2) is 12.8 Å². The Kier molecular flexibility index (Phi) is 3.93. The maximum Gasteiger partial charge on any atom is 0.137 e. The largest absolute Gasteiger partial charge is 0.359 e. The van der Waals surface area contributed by atoms with Gasteiger partial charge in [-0.2, -0.15) is 0 Å². The molecule has 2 aliphatic rings. The molecule has 0 aromatic heterocycles. The van der Waals surface area contributed by atoms with Gasteiger partial charge in [-0.15, -0.1) is 6.58 Å². The van der Waals surface area contributed by atoms with Crippen LogP contribution in [0.5, 0.6) is 0 Å². The summed E-state index contributed by atoms with van der Waals surface area (Å²) in [5, 5.41) is 3.53. The summed E-state index contributed by atoms with van der Waals surface area (Å²) < 4.78 is 5.90. The molecule has 20 heavy (non-hydrogen) atoms. The molecule has 0 radical (unpaired) electrons. The normalized spacial score (nSPS) is 27.3. The summed E-state index contributed by atoms with van der Waals surface area (Å²) in [5.41, 5.74) is 2.82. The Morgan fingerprint density at radius 3 is 3.10 bits per heavy atom. The van der Waals surface area contributed by atoms with Gasteiger partial charge in [0.1, 0.15) is 6.23 Å². The molecule has 1 saturated heterocycles. The predicted molar refractivity (Wildman–Crippen MR) is 83.9 cm³/mol. The van der Waals surface area contributed by atoms with Gasteiger partial charge in [-0.25, -0.2) is 0 Å². The van der Waals surface area contributed by atoms with Crippen LogP contribution in [-0.2, 0) is 10.2 Å². The number of nitrogens with one attached hydrogen (secondary N) is 1. The average molecular weight is 269 g/mol. The van der Waals surface area contributed by atoms with E-state index in [1.807, 2.05) is 6.08 Å². The monoisotopic (exact) mass is 269 g/mol. The lowest BCUT2D eigenvalue weighted by Crippen LogP contribution is -2.34. The van der Waals surface area contributed by atoms with Crippen molar-refractivity contribution in [2.75, 3.05) is 11.9 Å². The van der Waals surface area contributed by atoms with Gasteiger partial charge < -0.3 is 10.1 Å². The molecular weight excluding hydrogens is 246 g/mol. The Balaban J connectivity index is 1.71. The summed E-state index contributed by atoms with van der Waals surface area (Å²) in [7, 11) is 0. The summed E-state index contributed by atoms with van der Waals surface area (Å²) in [6.07, 6.45) is 12.4. The van der Waals surface area contributed by atoms with E-state index in [2.05, 4.69) is 48.3 Å². The molecule has 0 unspecified atom stereocenters. The van der Waals surface area contributed by atoms with Crippen LogP contribution in [0.3, 0.4) is 0 Å². The highest BCUT2D eigenvalue weighted by molar-refractivity contribution is 5.62. The number of benzene rings is 1. The van der Waals surface area contributed by atoms with Crippen LogP contribution in [0.1, 0.15) is 37.7 Å². The highest BCUT2D eigenvalue weighted by atomic mass is 16.5. The van der Waals surface area contributed by atoms with Crippen LogP contribution >= 0.6 is 0 Å². The van der Waals surface area contributed by atoms with E-state index < -0.39 is 0 Å². The summed E-state index contributed by atoms with van der Waals surface area (Å²) >= 11 is 0. The quantitative estimate of drug-likeness (QED) is 0.610. The van der Waals surface area contributed by atoms with E-state index >= 15 is 0 Å². The Labute approximate surface area is 121 Å². The fraction of sp³-hybridized carbons (Fsp3) is 0.444. The van der Waals surface area contributed by atoms with E-state index in [-0.39, 0.29) is 11.6 Å². The van der Waals surface area contributed by atoms with Gasteiger partial charge in [0.25, 0.3) is 0 Å². The predicted octanol–water partition coefficient (Wildman–Crippen LogP) is 4.40. The van der Waals surface area contributed by atoms with Crippen molar-refractivity contribution < 1.29 is 4.74 Å². The number of fused-ring (bicyclic) bond motifs is 3. The van der Waals surface area contributed by atoms with E-state index in [1.165, 1.54) is 17.7 Å². The van der Waals surface area contributed by atoms with E-state index in [0.717, 1.165) is 32.3 Å². The first kappa shape index (κ1) is 13.4. The smallest absolute Gasteiger partial charge is 0.137 e. The fourth-order valence-electron chi connectivity index (χ4n) is 3.40. The lowest BCUT2D eigenvalue weighted by Gasteiger charge is -2.26. The van der Waals surface area contributed by atoms with Gasteiger partial charge in [-0.05, 0) is 43.7 Å². The molecule has 2 heterocycles. The van der Waals surface area contributed by atoms with Crippen LogP contribution in [0.15, 0.2) is 49.1 Å². The summed E-state index contributed by atoms with van der Waals surface area (Å²) in [4.78, 5) is 0. The zero-order valence-electron chi connectivity index (χ0n) is 12.0. The van der Waals surface area contributed by atoms with Crippen molar-refractivity contribution in [3.63, 3.8) is 0 Å². The molecule has 1 aromatic rings. The number of ether oxygens (including phenoxy) is 1. The Morgan fingerprint density at radius 1 is 1.30 bits per heavy atom. The highest BCUT2D eigenvalue weighted by Crippen LogP contribution is 2.49. The maximum atomic E-state index is 5.90. The molecule has 3 rings (SSSR count). The number of para-hydroxylation sites is 1. The van der Waals surface area contributed by atoms with Crippen molar-refractivity contribution in [3.05, 3.63) is 54.6 Å². The molecule has 0 amide bonds. The van der Waals surface area contributed by atoms with Crippen LogP contribution < -0.4 is 5.32 Å². The first-order chi connectivity index (χ1) is 9.87. The third-order valence-corrected chi connectivity index (χ3v) is 4.51. The van der Waals surface area contributed by atoms with E-state index in [4.69, 9.17) is 4.74 Å². The van der Waals surface area contributed by atoms with Crippen molar-refractivity contribution in [1.82, 2.24) is 0 Å². The average Bonchev–Trinajstić information content (AvgIpc) is 2.99. The van der Waals surface area contributed by atoms with Crippen molar-refractivity contribution in [2.45, 2.75) is 43.7 Å². The number of unbranched alkanes of at least 4 members (excludes halogenated alkanes) is 2. The van der Waals surface area contributed by atoms with Gasteiger partial charge in [-0.3, -0.25) is 0 Å². The number of anilines is 1. The molecule has 0 spiro atoms. The minimum atomic E-state index is 0.144. The van der Waals surface area contributed by atoms with Gasteiger partial charge in [0, 0.05) is 11.1 Å². The Morgan fingerprint density at radius 2 is 2.20 bits per heavy atom. The van der Waals surface area contributed by atoms with E-state index in [0.29, 0.717) is 0 Å². The zero-order chi connectivity index (χ0) is 13.8. The molecule has 106 valence electrons. The molecule has 0 aliphatic carbocycles. The van der Waals surface area contributed by atoms with Crippen LogP contribution in [0.4, 0.5) is 5.69 Å². The molecule has 2 aliphatic heterocycles. The molecular formula is C18H23NO. The molecule has 2 nitrogen and oxygen atoms in total. The molecule has 0 bridgehead atoms. The molecule has 1 aromatic carbocycles. The minimum absolute atomic E-state index is 0.144. The number of hydrogen-bond acceptors (Lipinski definition) is 2. The molecule has 0 saturated carbocycles. The Hall–Kier alpha value is -1.54. The van der Waals surface area contributed by atoms with Gasteiger partial charge in [0.05, 0.1) is 6.61 Å². The molecule has 1 N–H and O–H groups in total. The van der Waals surface area contributed by atoms with E-state index in [1.54, 1.807) is 0 Å². The first-order valence-electron chi connectivity index (χ1n) is 7.60. The standard InChI is InChI=1S/C18H23NO/c1-2-3-4-5-6-9-12-18-13-14-20-17(18)19-16-11-8-7-10-15(16)18/h2,6-11,17,19H,1,3-5,12-14H2/b9-6+/t17-,18-/m0/s1. The van der Waals surface area contributed by atoms with Gasteiger partial charge in [-0.1, -0.05) is 36.4 Å². The van der Waals surface area contributed by atoms with Crippen molar-refractivity contribution in [1.29, 1.82) is 0 Å². The van der Waals surface area contributed by atoms with Crippen molar-refractivity contribution in [3.8, 4) is 0 Å². The maximum absolute atomic E-state index is 5.90. The zero-order valence-corrected chi connectivity index (χ0v) is 12.0. The first-order valence-corrected chi connectivity index (χ1v) is 7.60. The third-order valence-electron chi connectivity index (χ3n) is 4.51. The highest BCUT2D eigenvalue weighted by Gasteiger charge is 2.50. The fourth-order valence-corrected chi connectivity index (χ4v) is 3.40. The summed E-state index contributed by atoms with van der Waals surface area (Å²) in [5.74, 6) is 0. The van der Waals surface area contributed by atoms with Crippen molar-refractivity contribution >= 4 is 5.69 Å². The van der Waals surface area contributed by atoms with Gasteiger partial charge >= 0.3 is 0 Å². The lowest BCUT2D eigenvalue weighted by atomic mass is 9.76. The summed E-state index contributed by atoms with van der Waals surface area (Å²) in [6.45, 7) is 4.62. The number of allylic oxidation sites excluding steroid dienone is 3. The molecule has 1 fully saturated rings. The molecule has 2 atom stereocenters. The Bertz CT molecular complexity index is 508. The minimum Gasteiger partial charge on any atom is -0.359 e. The van der Waals surface area contributed by atoms with Crippen LogP contribution in [0.25, 0.3) is 0 Å². The second-order valence-electron chi connectivity index (χ2n) is 5.74. The van der Waals surface area contributed by atoms with Crippen LogP contribution in [0.2, 0.25) is 0 Å². The SMILES string of the molecule is C=CCCC/C=C/C[C@@]12CCO[C@@H]1Nc1ccccc12. The van der Waals surface area contributed by atoms with Gasteiger partial charge in [0.15, 0.2) is 0 Å². The number of rotatable bonds is 6. The molecule has 2 heteroatoms. The third kappa shape index (κ3) is 2.29. The lowest BCUT2D eigenvalue weighted by molar-refractivity contribution is 0.108. The van der Waals surface area contributed by atoms with Gasteiger partial charge in [0.2, 0.25) is 0 Å². The second kappa shape index (κ2) is 5.84.